The van der Waals surface area contributed by atoms with E-state index in [0.29, 0.717) is 11.1 Å². The molecule has 0 aliphatic heterocycles. The lowest BCUT2D eigenvalue weighted by Crippen LogP contribution is -2.28. The highest BCUT2D eigenvalue weighted by Crippen LogP contribution is 2.25. The van der Waals surface area contributed by atoms with Gasteiger partial charge < -0.3 is 9.47 Å². The van der Waals surface area contributed by atoms with Gasteiger partial charge in [0.1, 0.15) is 11.3 Å². The van der Waals surface area contributed by atoms with E-state index >= 15 is 0 Å². The lowest BCUT2D eigenvalue weighted by molar-refractivity contribution is 0.265. The van der Waals surface area contributed by atoms with E-state index in [-0.39, 0.29) is 5.38 Å². The molecule has 0 radical (unpaired) electrons. The molecule has 1 unspecified atom stereocenters. The van der Waals surface area contributed by atoms with Crippen LogP contribution < -0.4 is 0 Å². The van der Waals surface area contributed by atoms with E-state index < -0.39 is 0 Å². The molecule has 6 heteroatoms. The van der Waals surface area contributed by atoms with E-state index in [0.717, 1.165) is 36.5 Å². The Kier molecular flexibility index (Phi) is 5.47. The Morgan fingerprint density at radius 1 is 1.33 bits per heavy atom. The number of imidazole rings is 1. The zero-order valence-corrected chi connectivity index (χ0v) is 14.5. The van der Waals surface area contributed by atoms with Gasteiger partial charge in [-0.2, -0.15) is 0 Å². The van der Waals surface area contributed by atoms with Crippen LogP contribution in [0, 0.1) is 0 Å². The van der Waals surface area contributed by atoms with Crippen LogP contribution in [0.3, 0.4) is 0 Å². The van der Waals surface area contributed by atoms with E-state index in [1.807, 2.05) is 13.0 Å². The van der Waals surface area contributed by atoms with E-state index in [9.17, 15) is 0 Å². The Bertz CT molecular complexity index is 607. The van der Waals surface area contributed by atoms with E-state index in [1.54, 1.807) is 6.20 Å². The summed E-state index contributed by atoms with van der Waals surface area (Å²) >= 11 is 12.2. The molecule has 2 heterocycles. The molecule has 2 aromatic rings. The fourth-order valence-electron chi connectivity index (χ4n) is 2.26. The Morgan fingerprint density at radius 2 is 2.05 bits per heavy atom. The third-order valence-corrected chi connectivity index (χ3v) is 4.11. The highest BCUT2D eigenvalue weighted by atomic mass is 35.5. The molecule has 0 N–H and O–H groups in total. The van der Waals surface area contributed by atoms with Crippen molar-refractivity contribution in [1.82, 2.24) is 19.4 Å². The largest absolute Gasteiger partial charge is 0.311 e. The van der Waals surface area contributed by atoms with E-state index in [2.05, 4.69) is 40.3 Å². The van der Waals surface area contributed by atoms with E-state index in [4.69, 9.17) is 23.2 Å². The van der Waals surface area contributed by atoms with Crippen LogP contribution in [0.1, 0.15) is 38.4 Å². The summed E-state index contributed by atoms with van der Waals surface area (Å²) in [7, 11) is 2.14. The molecule has 4 nitrogen and oxygen atoms in total. The average molecular weight is 329 g/mol. The van der Waals surface area contributed by atoms with Gasteiger partial charge in [0, 0.05) is 18.8 Å². The minimum atomic E-state index is -0.152. The highest BCUT2D eigenvalue weighted by Gasteiger charge is 2.16. The fourth-order valence-corrected chi connectivity index (χ4v) is 2.58. The summed E-state index contributed by atoms with van der Waals surface area (Å²) in [6, 6.07) is 2.39. The van der Waals surface area contributed by atoms with Crippen LogP contribution in [0.2, 0.25) is 5.02 Å². The maximum atomic E-state index is 6.26. The molecule has 0 bridgehead atoms. The third kappa shape index (κ3) is 3.87. The van der Waals surface area contributed by atoms with Crippen LogP contribution in [0.5, 0.6) is 0 Å². The second-order valence-electron chi connectivity index (χ2n) is 5.66. The molecule has 21 heavy (non-hydrogen) atoms. The summed E-state index contributed by atoms with van der Waals surface area (Å²) in [5, 5.41) is 0.446. The molecule has 1 atom stereocenters. The summed E-state index contributed by atoms with van der Waals surface area (Å²) < 4.78 is 2.11. The monoisotopic (exact) mass is 328 g/mol. The number of rotatable bonds is 6. The highest BCUT2D eigenvalue weighted by molar-refractivity contribution is 6.31. The molecule has 0 saturated carbocycles. The van der Waals surface area contributed by atoms with E-state index in [1.165, 1.54) is 0 Å². The first-order chi connectivity index (χ1) is 9.90. The van der Waals surface area contributed by atoms with Crippen molar-refractivity contribution in [3.05, 3.63) is 23.1 Å². The summed E-state index contributed by atoms with van der Waals surface area (Å²) in [6.07, 6.45) is 2.69. The van der Waals surface area contributed by atoms with Gasteiger partial charge in [-0.15, -0.1) is 11.6 Å². The van der Waals surface area contributed by atoms with Gasteiger partial charge >= 0.3 is 0 Å². The summed E-state index contributed by atoms with van der Waals surface area (Å²) in [4.78, 5) is 11.3. The standard InChI is InChI=1S/C15H22Cl2N4/c1-10(2)20(4)6-5-7-21-14(11(3)16)19-13-8-12(17)9-18-15(13)21/h8-11H,5-7H2,1-4H3. The molecule has 0 amide bonds. The smallest absolute Gasteiger partial charge is 0.160 e. The Labute approximate surface area is 136 Å². The molecule has 0 spiro atoms. The maximum absolute atomic E-state index is 6.26. The summed E-state index contributed by atoms with van der Waals surface area (Å²) in [5.41, 5.74) is 1.66. The average Bonchev–Trinajstić information content (AvgIpc) is 2.76. The Morgan fingerprint density at radius 3 is 2.67 bits per heavy atom. The normalized spacial score (nSPS) is 13.5. The molecule has 2 rings (SSSR count). The molecule has 0 aromatic carbocycles. The van der Waals surface area contributed by atoms with Gasteiger partial charge in [0.05, 0.1) is 10.4 Å². The van der Waals surface area contributed by atoms with Crippen LogP contribution in [0.4, 0.5) is 0 Å². The summed E-state index contributed by atoms with van der Waals surface area (Å²) in [5.74, 6) is 0.855. The minimum Gasteiger partial charge on any atom is -0.311 e. The molecular formula is C15H22Cl2N4. The summed E-state index contributed by atoms with van der Waals surface area (Å²) in [6.45, 7) is 8.21. The Balaban J connectivity index is 2.22. The van der Waals surface area contributed by atoms with Gasteiger partial charge in [-0.25, -0.2) is 9.97 Å². The first-order valence-electron chi connectivity index (χ1n) is 7.26. The van der Waals surface area contributed by atoms with Crippen LogP contribution in [0.15, 0.2) is 12.3 Å². The molecule has 0 saturated heterocycles. The quantitative estimate of drug-likeness (QED) is 0.748. The molecule has 2 aromatic heterocycles. The topological polar surface area (TPSA) is 34.0 Å². The van der Waals surface area contributed by atoms with Gasteiger partial charge in [0.15, 0.2) is 5.65 Å². The van der Waals surface area contributed by atoms with Crippen molar-refractivity contribution >= 4 is 34.4 Å². The Hall–Kier alpha value is -0.840. The minimum absolute atomic E-state index is 0.152. The van der Waals surface area contributed by atoms with Crippen LogP contribution in [0.25, 0.3) is 11.2 Å². The van der Waals surface area contributed by atoms with Crippen molar-refractivity contribution < 1.29 is 0 Å². The van der Waals surface area contributed by atoms with Gasteiger partial charge in [0.25, 0.3) is 0 Å². The molecule has 0 aliphatic carbocycles. The first kappa shape index (κ1) is 16.5. The zero-order chi connectivity index (χ0) is 15.6. The molecule has 116 valence electrons. The van der Waals surface area contributed by atoms with Crippen LogP contribution in [-0.2, 0) is 6.54 Å². The second-order valence-corrected chi connectivity index (χ2v) is 6.75. The van der Waals surface area contributed by atoms with Crippen LogP contribution >= 0.6 is 23.2 Å². The molecule has 0 aliphatic rings. The van der Waals surface area contributed by atoms with Crippen molar-refractivity contribution in [1.29, 1.82) is 0 Å². The van der Waals surface area contributed by atoms with Gasteiger partial charge in [-0.05, 0) is 46.9 Å². The SMILES string of the molecule is CC(Cl)c1nc2cc(Cl)cnc2n1CCCN(C)C(C)C. The van der Waals surface area contributed by atoms with Crippen molar-refractivity contribution in [3.8, 4) is 0 Å². The number of nitrogens with zero attached hydrogens (tertiary/aromatic N) is 4. The van der Waals surface area contributed by atoms with Gasteiger partial charge in [0.2, 0.25) is 0 Å². The number of hydrogen-bond acceptors (Lipinski definition) is 3. The van der Waals surface area contributed by atoms with Gasteiger partial charge in [-0.1, -0.05) is 11.6 Å². The molecule has 0 fully saturated rings. The van der Waals surface area contributed by atoms with Crippen molar-refractivity contribution in [2.75, 3.05) is 13.6 Å². The van der Waals surface area contributed by atoms with Crippen molar-refractivity contribution in [3.63, 3.8) is 0 Å². The first-order valence-corrected chi connectivity index (χ1v) is 8.07. The van der Waals surface area contributed by atoms with Crippen LogP contribution in [-0.4, -0.2) is 39.1 Å². The van der Waals surface area contributed by atoms with Crippen molar-refractivity contribution in [2.45, 2.75) is 45.2 Å². The number of halogens is 2. The van der Waals surface area contributed by atoms with Crippen molar-refractivity contribution in [2.24, 2.45) is 0 Å². The van der Waals surface area contributed by atoms with Gasteiger partial charge in [-0.3, -0.25) is 0 Å². The lowest BCUT2D eigenvalue weighted by Gasteiger charge is -2.21. The maximum Gasteiger partial charge on any atom is 0.160 e. The zero-order valence-electron chi connectivity index (χ0n) is 13.0. The third-order valence-electron chi connectivity index (χ3n) is 3.71. The number of pyridine rings is 1. The fraction of sp³-hybridized carbons (Fsp3) is 0.600. The lowest BCUT2D eigenvalue weighted by atomic mass is 10.3. The predicted octanol–water partition coefficient (Wildman–Crippen LogP) is 4.11. The number of aromatic nitrogens is 3. The second kappa shape index (κ2) is 6.95. The molecular weight excluding hydrogens is 307 g/mol. The number of alkyl halides is 1. The number of aryl methyl sites for hydroxylation is 1. The number of fused-ring (bicyclic) bond motifs is 1. The number of hydrogen-bond donors (Lipinski definition) is 0. The predicted molar refractivity (Wildman–Crippen MR) is 89.2 cm³/mol.